The maximum Gasteiger partial charge on any atom is 0.290 e. The molecule has 1 aromatic carbocycles. The number of aliphatic hydroxyl groups excluding tert-OH is 1. The summed E-state index contributed by atoms with van der Waals surface area (Å²) >= 11 is 1.28. The number of carbonyl (C=O) groups is 2. The Morgan fingerprint density at radius 3 is 2.82 bits per heavy atom. The molecule has 1 amide bonds. The van der Waals surface area contributed by atoms with E-state index in [1.54, 1.807) is 41.7 Å². The van der Waals surface area contributed by atoms with Gasteiger partial charge in [-0.1, -0.05) is 25.5 Å². The summed E-state index contributed by atoms with van der Waals surface area (Å²) in [5.74, 6) is -0.291. The number of ketones is 1. The molecule has 3 heterocycles. The summed E-state index contributed by atoms with van der Waals surface area (Å²) < 4.78 is 17.1. The summed E-state index contributed by atoms with van der Waals surface area (Å²) in [6.45, 7) is 3.61. The topological polar surface area (TPSA) is 85.3 Å². The molecule has 33 heavy (non-hydrogen) atoms. The Morgan fingerprint density at radius 2 is 2.15 bits per heavy atom. The van der Waals surface area contributed by atoms with Gasteiger partial charge in [0.15, 0.2) is 17.3 Å². The van der Waals surface area contributed by atoms with Crippen LogP contribution in [0, 0.1) is 0 Å². The van der Waals surface area contributed by atoms with Crippen molar-refractivity contribution in [1.82, 2.24) is 4.90 Å². The standard InChI is InChI=1S/C25H29NO6S/c1-3-4-11-32-18-10-9-16(14-19(18)30-2)22-21(23(27)20-8-6-13-33-20)24(28)25(29)26(22)15-17-7-5-12-31-17/h6,8-10,13-14,17,22,28H,3-5,7,11-12,15H2,1-2H3. The van der Waals surface area contributed by atoms with Crippen molar-refractivity contribution in [2.24, 2.45) is 0 Å². The molecule has 2 atom stereocenters. The second-order valence-electron chi connectivity index (χ2n) is 8.18. The highest BCUT2D eigenvalue weighted by Gasteiger charge is 2.45. The number of aliphatic hydroxyl groups is 1. The molecule has 0 aliphatic carbocycles. The number of amides is 1. The maximum atomic E-state index is 13.4. The number of carbonyl (C=O) groups excluding carboxylic acids is 2. The van der Waals surface area contributed by atoms with Crippen molar-refractivity contribution in [1.29, 1.82) is 0 Å². The van der Waals surface area contributed by atoms with Crippen LogP contribution in [0.5, 0.6) is 11.5 Å². The maximum absolute atomic E-state index is 13.4. The molecule has 2 aromatic rings. The number of rotatable bonds is 10. The Kier molecular flexibility index (Phi) is 7.35. The highest BCUT2D eigenvalue weighted by atomic mass is 32.1. The van der Waals surface area contributed by atoms with E-state index < -0.39 is 17.7 Å². The van der Waals surface area contributed by atoms with Crippen molar-refractivity contribution >= 4 is 23.0 Å². The molecule has 2 aliphatic rings. The Bertz CT molecular complexity index is 1030. The molecule has 8 heteroatoms. The van der Waals surface area contributed by atoms with E-state index in [1.165, 1.54) is 11.3 Å². The average Bonchev–Trinajstić information content (AvgIpc) is 3.58. The van der Waals surface area contributed by atoms with E-state index in [4.69, 9.17) is 14.2 Å². The van der Waals surface area contributed by atoms with Crippen molar-refractivity contribution in [3.63, 3.8) is 0 Å². The number of unbranched alkanes of at least 4 members (excludes halogenated alkanes) is 1. The fraction of sp³-hybridized carbons (Fsp3) is 0.440. The molecular weight excluding hydrogens is 442 g/mol. The molecular formula is C25H29NO6S. The van der Waals surface area contributed by atoms with Crippen LogP contribution in [0.3, 0.4) is 0 Å². The SMILES string of the molecule is CCCCOc1ccc(C2C(C(=O)c3cccs3)=C(O)C(=O)N2CC2CCCO2)cc1OC. The zero-order valence-electron chi connectivity index (χ0n) is 18.9. The van der Waals surface area contributed by atoms with Gasteiger partial charge in [-0.15, -0.1) is 11.3 Å². The van der Waals surface area contributed by atoms with Crippen LogP contribution in [-0.4, -0.2) is 54.7 Å². The van der Waals surface area contributed by atoms with Gasteiger partial charge >= 0.3 is 0 Å². The van der Waals surface area contributed by atoms with E-state index in [2.05, 4.69) is 6.92 Å². The monoisotopic (exact) mass is 471 g/mol. The smallest absolute Gasteiger partial charge is 0.290 e. The van der Waals surface area contributed by atoms with Crippen molar-refractivity contribution in [2.45, 2.75) is 44.8 Å². The van der Waals surface area contributed by atoms with Crippen LogP contribution < -0.4 is 9.47 Å². The van der Waals surface area contributed by atoms with Crippen molar-refractivity contribution in [2.75, 3.05) is 26.9 Å². The lowest BCUT2D eigenvalue weighted by Crippen LogP contribution is -2.37. The van der Waals surface area contributed by atoms with E-state index in [9.17, 15) is 14.7 Å². The van der Waals surface area contributed by atoms with Gasteiger partial charge in [-0.3, -0.25) is 9.59 Å². The van der Waals surface area contributed by atoms with Crippen molar-refractivity contribution in [3.8, 4) is 11.5 Å². The van der Waals surface area contributed by atoms with E-state index in [1.807, 2.05) is 6.07 Å². The van der Waals surface area contributed by atoms with Gasteiger partial charge in [-0.05, 0) is 48.4 Å². The number of hydrogen-bond donors (Lipinski definition) is 1. The number of benzene rings is 1. The minimum atomic E-state index is -0.741. The lowest BCUT2D eigenvalue weighted by molar-refractivity contribution is -0.131. The summed E-state index contributed by atoms with van der Waals surface area (Å²) in [6.07, 6.45) is 3.57. The summed E-state index contributed by atoms with van der Waals surface area (Å²) in [4.78, 5) is 28.5. The third-order valence-corrected chi connectivity index (χ3v) is 6.85. The molecule has 1 fully saturated rings. The first-order chi connectivity index (χ1) is 16.0. The first-order valence-electron chi connectivity index (χ1n) is 11.3. The third kappa shape index (κ3) is 4.77. The van der Waals surface area contributed by atoms with Gasteiger partial charge in [-0.25, -0.2) is 0 Å². The second-order valence-corrected chi connectivity index (χ2v) is 9.12. The number of nitrogens with zero attached hydrogens (tertiary/aromatic N) is 1. The zero-order valence-corrected chi connectivity index (χ0v) is 19.7. The van der Waals surface area contributed by atoms with Crippen molar-refractivity contribution < 1.29 is 28.9 Å². The average molecular weight is 472 g/mol. The van der Waals surface area contributed by atoms with Gasteiger partial charge in [0, 0.05) is 13.2 Å². The zero-order chi connectivity index (χ0) is 23.4. The van der Waals surface area contributed by atoms with Crippen LogP contribution in [0.1, 0.15) is 53.9 Å². The molecule has 2 unspecified atom stereocenters. The van der Waals surface area contributed by atoms with E-state index in [0.717, 1.165) is 25.7 Å². The first kappa shape index (κ1) is 23.3. The van der Waals surface area contributed by atoms with Crippen LogP contribution in [-0.2, 0) is 9.53 Å². The lowest BCUT2D eigenvalue weighted by Gasteiger charge is -2.29. The summed E-state index contributed by atoms with van der Waals surface area (Å²) in [5, 5.41) is 12.6. The van der Waals surface area contributed by atoms with Crippen LogP contribution in [0.4, 0.5) is 0 Å². The summed E-state index contributed by atoms with van der Waals surface area (Å²) in [7, 11) is 1.56. The highest BCUT2D eigenvalue weighted by molar-refractivity contribution is 7.12. The molecule has 0 radical (unpaired) electrons. The number of hydrogen-bond acceptors (Lipinski definition) is 7. The molecule has 0 spiro atoms. The fourth-order valence-corrected chi connectivity index (χ4v) is 4.95. The Balaban J connectivity index is 1.72. The molecule has 176 valence electrons. The molecule has 4 rings (SSSR count). The largest absolute Gasteiger partial charge is 0.503 e. The molecule has 7 nitrogen and oxygen atoms in total. The van der Waals surface area contributed by atoms with Gasteiger partial charge in [-0.2, -0.15) is 0 Å². The number of ether oxygens (including phenoxy) is 3. The van der Waals surface area contributed by atoms with E-state index >= 15 is 0 Å². The van der Waals surface area contributed by atoms with Gasteiger partial charge in [0.1, 0.15) is 0 Å². The van der Waals surface area contributed by atoms with Gasteiger partial charge < -0.3 is 24.2 Å². The Labute approximate surface area is 197 Å². The number of methoxy groups -OCH3 is 1. The first-order valence-corrected chi connectivity index (χ1v) is 12.2. The van der Waals surface area contributed by atoms with Gasteiger partial charge in [0.05, 0.1) is 36.3 Å². The molecule has 0 bridgehead atoms. The molecule has 0 saturated carbocycles. The molecule has 1 N–H and O–H groups in total. The molecule has 1 aromatic heterocycles. The van der Waals surface area contributed by atoms with Crippen LogP contribution in [0.15, 0.2) is 47.0 Å². The Hall–Kier alpha value is -2.84. The Morgan fingerprint density at radius 1 is 1.30 bits per heavy atom. The second kappa shape index (κ2) is 10.4. The van der Waals surface area contributed by atoms with Crippen LogP contribution in [0.25, 0.3) is 0 Å². The summed E-state index contributed by atoms with van der Waals surface area (Å²) in [6, 6.07) is 8.13. The van der Waals surface area contributed by atoms with Crippen LogP contribution >= 0.6 is 11.3 Å². The van der Waals surface area contributed by atoms with E-state index in [0.29, 0.717) is 41.7 Å². The highest BCUT2D eigenvalue weighted by Crippen LogP contribution is 2.42. The predicted octanol–water partition coefficient (Wildman–Crippen LogP) is 4.69. The molecule has 2 aliphatic heterocycles. The van der Waals surface area contributed by atoms with Crippen LogP contribution in [0.2, 0.25) is 0 Å². The normalized spacial score (nSPS) is 20.5. The predicted molar refractivity (Wildman–Crippen MR) is 125 cm³/mol. The van der Waals surface area contributed by atoms with Crippen molar-refractivity contribution in [3.05, 3.63) is 57.5 Å². The number of thiophene rings is 1. The number of Topliss-reactive ketones (excluding diaryl/α,β-unsaturated/α-hetero) is 1. The van der Waals surface area contributed by atoms with Gasteiger partial charge in [0.25, 0.3) is 5.91 Å². The minimum Gasteiger partial charge on any atom is -0.503 e. The minimum absolute atomic E-state index is 0.0853. The van der Waals surface area contributed by atoms with E-state index in [-0.39, 0.29) is 17.5 Å². The summed E-state index contributed by atoms with van der Waals surface area (Å²) in [5.41, 5.74) is 0.757. The van der Waals surface area contributed by atoms with Gasteiger partial charge in [0.2, 0.25) is 5.78 Å². The lowest BCUT2D eigenvalue weighted by atomic mass is 9.95. The quantitative estimate of drug-likeness (QED) is 0.400. The molecule has 1 saturated heterocycles. The third-order valence-electron chi connectivity index (χ3n) is 5.98. The fourth-order valence-electron chi connectivity index (χ4n) is 4.27.